The van der Waals surface area contributed by atoms with Crippen LogP contribution in [0.1, 0.15) is 17.8 Å². The Labute approximate surface area is 116 Å². The smallest absolute Gasteiger partial charge is 0.318 e. The lowest BCUT2D eigenvalue weighted by atomic mass is 10.3. The van der Waals surface area contributed by atoms with Crippen LogP contribution in [0.4, 0.5) is 4.79 Å². The molecule has 0 aliphatic rings. The van der Waals surface area contributed by atoms with Crippen molar-refractivity contribution in [3.8, 4) is 0 Å². The topological polar surface area (TPSA) is 52.6 Å². The summed E-state index contributed by atoms with van der Waals surface area (Å²) in [5.74, 6) is 0. The first-order chi connectivity index (χ1) is 8.58. The summed E-state index contributed by atoms with van der Waals surface area (Å²) >= 11 is 7.29. The normalized spacial score (nSPS) is 11.9. The van der Waals surface area contributed by atoms with E-state index in [2.05, 4.69) is 11.9 Å². The van der Waals surface area contributed by atoms with Crippen molar-refractivity contribution in [3.63, 3.8) is 0 Å². The average Bonchev–Trinajstić information content (AvgIpc) is 2.75. The minimum atomic E-state index is -0.221. The molecule has 1 aromatic rings. The Morgan fingerprint density at radius 3 is 2.94 bits per heavy atom. The number of amides is 2. The Balaban J connectivity index is 2.59. The van der Waals surface area contributed by atoms with Crippen LogP contribution in [-0.2, 0) is 0 Å². The quantitative estimate of drug-likeness (QED) is 0.791. The summed E-state index contributed by atoms with van der Waals surface area (Å²) in [6, 6.07) is 3.36. The van der Waals surface area contributed by atoms with Crippen molar-refractivity contribution in [1.29, 1.82) is 0 Å². The van der Waals surface area contributed by atoms with E-state index < -0.39 is 0 Å². The van der Waals surface area contributed by atoms with Crippen LogP contribution < -0.4 is 5.32 Å². The maximum absolute atomic E-state index is 11.9. The zero-order valence-corrected chi connectivity index (χ0v) is 11.8. The Hall–Kier alpha value is -1.04. The van der Waals surface area contributed by atoms with Gasteiger partial charge in [0.05, 0.1) is 17.0 Å². The number of aliphatic hydroxyl groups excluding tert-OH is 1. The second-order valence-electron chi connectivity index (χ2n) is 3.77. The van der Waals surface area contributed by atoms with Gasteiger partial charge in [0.2, 0.25) is 0 Å². The predicted molar refractivity (Wildman–Crippen MR) is 75.1 cm³/mol. The van der Waals surface area contributed by atoms with Crippen molar-refractivity contribution in [2.75, 3.05) is 19.7 Å². The molecule has 1 aromatic heterocycles. The predicted octanol–water partition coefficient (Wildman–Crippen LogP) is 2.65. The molecule has 2 amide bonds. The van der Waals surface area contributed by atoms with Gasteiger partial charge in [-0.05, 0) is 19.1 Å². The lowest BCUT2D eigenvalue weighted by Gasteiger charge is -2.22. The summed E-state index contributed by atoms with van der Waals surface area (Å²) in [5.41, 5.74) is 0. The molecule has 0 aliphatic heterocycles. The molecule has 0 fully saturated rings. The maximum Gasteiger partial charge on any atom is 0.318 e. The first kappa shape index (κ1) is 15.0. The zero-order valence-electron chi connectivity index (χ0n) is 10.2. The third-order valence-electron chi connectivity index (χ3n) is 2.37. The molecule has 0 aliphatic carbocycles. The number of rotatable bonds is 6. The van der Waals surface area contributed by atoms with E-state index >= 15 is 0 Å². The van der Waals surface area contributed by atoms with Crippen LogP contribution in [-0.4, -0.2) is 35.7 Å². The average molecular weight is 289 g/mol. The van der Waals surface area contributed by atoms with Gasteiger partial charge in [0.1, 0.15) is 0 Å². The fourth-order valence-electron chi connectivity index (χ4n) is 1.46. The number of thiophene rings is 1. The summed E-state index contributed by atoms with van der Waals surface area (Å²) < 4.78 is 0.699. The largest absolute Gasteiger partial charge is 0.395 e. The van der Waals surface area contributed by atoms with Gasteiger partial charge < -0.3 is 15.3 Å². The minimum Gasteiger partial charge on any atom is -0.395 e. The fourth-order valence-corrected chi connectivity index (χ4v) is 2.52. The molecule has 0 radical (unpaired) electrons. The Morgan fingerprint density at radius 2 is 2.44 bits per heavy atom. The van der Waals surface area contributed by atoms with Crippen LogP contribution in [0.5, 0.6) is 0 Å². The third-order valence-corrected chi connectivity index (χ3v) is 3.78. The highest BCUT2D eigenvalue weighted by Gasteiger charge is 2.16. The van der Waals surface area contributed by atoms with Gasteiger partial charge in [-0.1, -0.05) is 17.7 Å². The van der Waals surface area contributed by atoms with Gasteiger partial charge in [-0.3, -0.25) is 0 Å². The zero-order chi connectivity index (χ0) is 13.5. The first-order valence-electron chi connectivity index (χ1n) is 5.61. The standard InChI is InChI=1S/C12H17ClN2O2S/c1-3-6-15(7-8-16)12(17)14-9(2)10-4-5-11(13)18-10/h3-5,9,16H,1,6-8H2,2H3,(H,14,17). The number of carbonyl (C=O) groups is 1. The van der Waals surface area contributed by atoms with Crippen LogP contribution in [0.2, 0.25) is 4.34 Å². The lowest BCUT2D eigenvalue weighted by molar-refractivity contribution is 0.181. The molecule has 0 aromatic carbocycles. The first-order valence-corrected chi connectivity index (χ1v) is 6.80. The van der Waals surface area contributed by atoms with E-state index in [4.69, 9.17) is 16.7 Å². The van der Waals surface area contributed by atoms with Crippen molar-refractivity contribution in [3.05, 3.63) is 34.0 Å². The highest BCUT2D eigenvalue weighted by Crippen LogP contribution is 2.26. The van der Waals surface area contributed by atoms with E-state index in [0.29, 0.717) is 10.9 Å². The number of urea groups is 1. The van der Waals surface area contributed by atoms with Crippen molar-refractivity contribution < 1.29 is 9.90 Å². The molecule has 0 saturated carbocycles. The number of carbonyl (C=O) groups excluding carboxylic acids is 1. The van der Waals surface area contributed by atoms with Gasteiger partial charge >= 0.3 is 6.03 Å². The van der Waals surface area contributed by atoms with Gasteiger partial charge in [-0.2, -0.15) is 0 Å². The molecule has 1 unspecified atom stereocenters. The number of nitrogens with one attached hydrogen (secondary N) is 1. The Morgan fingerprint density at radius 1 is 1.72 bits per heavy atom. The summed E-state index contributed by atoms with van der Waals surface area (Å²) in [5, 5.41) is 11.8. The molecule has 0 saturated heterocycles. The van der Waals surface area contributed by atoms with Crippen LogP contribution >= 0.6 is 22.9 Å². The molecule has 0 bridgehead atoms. The monoisotopic (exact) mass is 288 g/mol. The Bertz CT molecular complexity index is 409. The fraction of sp³-hybridized carbons (Fsp3) is 0.417. The van der Waals surface area contributed by atoms with E-state index in [1.807, 2.05) is 13.0 Å². The highest BCUT2D eigenvalue weighted by molar-refractivity contribution is 7.16. The number of hydrogen-bond donors (Lipinski definition) is 2. The van der Waals surface area contributed by atoms with E-state index in [9.17, 15) is 4.79 Å². The number of halogens is 1. The van der Waals surface area contributed by atoms with Crippen molar-refractivity contribution in [2.45, 2.75) is 13.0 Å². The van der Waals surface area contributed by atoms with Crippen molar-refractivity contribution >= 4 is 29.0 Å². The number of nitrogens with zero attached hydrogens (tertiary/aromatic N) is 1. The minimum absolute atomic E-state index is 0.0690. The second kappa shape index (κ2) is 7.41. The van der Waals surface area contributed by atoms with Crippen molar-refractivity contribution in [2.24, 2.45) is 0 Å². The molecule has 1 rings (SSSR count). The van der Waals surface area contributed by atoms with Crippen LogP contribution in [0, 0.1) is 0 Å². The molecular formula is C12H17ClN2O2S. The molecule has 6 heteroatoms. The van der Waals surface area contributed by atoms with Crippen LogP contribution in [0.15, 0.2) is 24.8 Å². The third kappa shape index (κ3) is 4.33. The van der Waals surface area contributed by atoms with E-state index in [1.165, 1.54) is 16.2 Å². The molecule has 4 nitrogen and oxygen atoms in total. The molecule has 1 atom stereocenters. The van der Waals surface area contributed by atoms with Gasteiger partial charge in [-0.15, -0.1) is 17.9 Å². The van der Waals surface area contributed by atoms with Crippen molar-refractivity contribution in [1.82, 2.24) is 10.2 Å². The van der Waals surface area contributed by atoms with E-state index in [1.54, 1.807) is 12.1 Å². The van der Waals surface area contributed by atoms with Gasteiger partial charge in [0.25, 0.3) is 0 Å². The molecule has 2 N–H and O–H groups in total. The second-order valence-corrected chi connectivity index (χ2v) is 5.52. The van der Waals surface area contributed by atoms with Crippen LogP contribution in [0.25, 0.3) is 0 Å². The lowest BCUT2D eigenvalue weighted by Crippen LogP contribution is -2.42. The van der Waals surface area contributed by atoms with Crippen LogP contribution in [0.3, 0.4) is 0 Å². The van der Waals surface area contributed by atoms with E-state index in [0.717, 1.165) is 4.88 Å². The highest BCUT2D eigenvalue weighted by atomic mass is 35.5. The summed E-state index contributed by atoms with van der Waals surface area (Å²) in [7, 11) is 0. The SMILES string of the molecule is C=CCN(CCO)C(=O)NC(C)c1ccc(Cl)s1. The van der Waals surface area contributed by atoms with Gasteiger partial charge in [-0.25, -0.2) is 4.79 Å². The van der Waals surface area contributed by atoms with Gasteiger partial charge in [0.15, 0.2) is 0 Å². The number of hydrogen-bond acceptors (Lipinski definition) is 3. The van der Waals surface area contributed by atoms with Gasteiger partial charge in [0, 0.05) is 18.0 Å². The molecule has 100 valence electrons. The maximum atomic E-state index is 11.9. The summed E-state index contributed by atoms with van der Waals surface area (Å²) in [4.78, 5) is 14.4. The summed E-state index contributed by atoms with van der Waals surface area (Å²) in [6.45, 7) is 6.11. The summed E-state index contributed by atoms with van der Waals surface area (Å²) in [6.07, 6.45) is 1.63. The molecule has 18 heavy (non-hydrogen) atoms. The Kier molecular flexibility index (Phi) is 6.18. The number of aliphatic hydroxyl groups is 1. The molecule has 0 spiro atoms. The van der Waals surface area contributed by atoms with E-state index in [-0.39, 0.29) is 25.2 Å². The molecule has 1 heterocycles. The molecular weight excluding hydrogens is 272 g/mol.